The third-order valence-electron chi connectivity index (χ3n) is 6.04. The van der Waals surface area contributed by atoms with Gasteiger partial charge in [-0.15, -0.1) is 0 Å². The van der Waals surface area contributed by atoms with Gasteiger partial charge >= 0.3 is 6.18 Å². The first-order chi connectivity index (χ1) is 14.7. The Morgan fingerprint density at radius 1 is 1.12 bits per heavy atom. The monoisotopic (exact) mass is 452 g/mol. The number of guanidine groups is 1. The minimum Gasteiger partial charge on any atom is -0.495 e. The Hall–Kier alpha value is -3.30. The molecule has 0 spiro atoms. The lowest BCUT2D eigenvalue weighted by molar-refractivity contribution is -0.140. The van der Waals surface area contributed by atoms with Crippen LogP contribution in [0.1, 0.15) is 31.9 Å². The molecule has 1 amide bonds. The van der Waals surface area contributed by atoms with Gasteiger partial charge in [0.1, 0.15) is 17.1 Å². The third kappa shape index (κ3) is 3.74. The van der Waals surface area contributed by atoms with Crippen molar-refractivity contribution in [3.05, 3.63) is 53.3 Å². The molecule has 0 bridgehead atoms. The number of benzene rings is 2. The lowest BCUT2D eigenvalue weighted by atomic mass is 9.67. The Labute approximate surface area is 183 Å². The maximum absolute atomic E-state index is 14.9. The summed E-state index contributed by atoms with van der Waals surface area (Å²) in [6.45, 7) is 4.92. The Kier molecular flexibility index (Phi) is 5.61. The van der Waals surface area contributed by atoms with Crippen LogP contribution in [-0.2, 0) is 16.5 Å². The fourth-order valence-corrected chi connectivity index (χ4v) is 3.67. The number of nitrogens with zero attached hydrogens (tertiary/aromatic N) is 2. The Bertz CT molecular complexity index is 1100. The van der Waals surface area contributed by atoms with E-state index in [0.29, 0.717) is 5.69 Å². The topological polar surface area (TPSA) is 80.0 Å². The zero-order valence-electron chi connectivity index (χ0n) is 18.3. The molecule has 1 heterocycles. The number of aliphatic imine (C=N–C) groups is 1. The van der Waals surface area contributed by atoms with Gasteiger partial charge in [0.15, 0.2) is 5.96 Å². The molecule has 0 saturated heterocycles. The SMILES string of the molecule is COc1cc(C(F)(F)F)ccc1Nc1ccc(F)c(C2(C)N=C(N)N(C)C(=O)C2(C)C)c1. The Morgan fingerprint density at radius 3 is 2.38 bits per heavy atom. The van der Waals surface area contributed by atoms with Crippen LogP contribution < -0.4 is 15.8 Å². The summed E-state index contributed by atoms with van der Waals surface area (Å²) < 4.78 is 59.0. The van der Waals surface area contributed by atoms with Crippen LogP contribution in [0.4, 0.5) is 28.9 Å². The first-order valence-electron chi connectivity index (χ1n) is 9.68. The van der Waals surface area contributed by atoms with Gasteiger partial charge in [-0.2, -0.15) is 13.2 Å². The molecule has 10 heteroatoms. The van der Waals surface area contributed by atoms with Crippen molar-refractivity contribution < 1.29 is 27.1 Å². The highest BCUT2D eigenvalue weighted by atomic mass is 19.4. The summed E-state index contributed by atoms with van der Waals surface area (Å²) in [6, 6.07) is 7.10. The molecule has 172 valence electrons. The predicted molar refractivity (Wildman–Crippen MR) is 113 cm³/mol. The van der Waals surface area contributed by atoms with E-state index in [1.165, 1.54) is 43.3 Å². The highest BCUT2D eigenvalue weighted by Gasteiger charge is 2.53. The first kappa shape index (κ1) is 23.4. The van der Waals surface area contributed by atoms with E-state index in [0.717, 1.165) is 12.1 Å². The number of hydrogen-bond acceptors (Lipinski definition) is 5. The number of nitrogens with two attached hydrogens (primary N) is 1. The van der Waals surface area contributed by atoms with Crippen molar-refractivity contribution in [1.29, 1.82) is 0 Å². The molecule has 0 radical (unpaired) electrons. The second-order valence-corrected chi connectivity index (χ2v) is 8.26. The standard InChI is InChI=1S/C22H24F4N4O2/c1-20(2)18(31)30(4)19(27)29-21(20,3)14-11-13(7-8-15(14)23)28-16-9-6-12(22(24,25)26)10-17(16)32-5/h6-11,28H,1-5H3,(H2,27,29). The average Bonchev–Trinajstić information content (AvgIpc) is 2.72. The van der Waals surface area contributed by atoms with Gasteiger partial charge in [0.2, 0.25) is 5.91 Å². The summed E-state index contributed by atoms with van der Waals surface area (Å²) in [6.07, 6.45) is -4.52. The smallest absolute Gasteiger partial charge is 0.416 e. The van der Waals surface area contributed by atoms with E-state index in [1.807, 2.05) is 0 Å². The molecule has 0 aromatic heterocycles. The number of carbonyl (C=O) groups excluding carboxylic acids is 1. The fraction of sp³-hybridized carbons (Fsp3) is 0.364. The number of methoxy groups -OCH3 is 1. The largest absolute Gasteiger partial charge is 0.495 e. The van der Waals surface area contributed by atoms with E-state index in [9.17, 15) is 22.4 Å². The van der Waals surface area contributed by atoms with Crippen molar-refractivity contribution in [1.82, 2.24) is 4.90 Å². The van der Waals surface area contributed by atoms with Gasteiger partial charge in [0.05, 0.1) is 23.8 Å². The van der Waals surface area contributed by atoms with Crippen LogP contribution in [0.2, 0.25) is 0 Å². The number of alkyl halides is 3. The quantitative estimate of drug-likeness (QED) is 0.664. The van der Waals surface area contributed by atoms with Gasteiger partial charge in [0.25, 0.3) is 0 Å². The van der Waals surface area contributed by atoms with Crippen molar-refractivity contribution in [3.8, 4) is 5.75 Å². The predicted octanol–water partition coefficient (Wildman–Crippen LogP) is 4.62. The molecule has 0 saturated carbocycles. The van der Waals surface area contributed by atoms with Crippen LogP contribution in [0.3, 0.4) is 0 Å². The van der Waals surface area contributed by atoms with Gasteiger partial charge in [-0.3, -0.25) is 9.69 Å². The molecule has 2 aromatic carbocycles. The number of carbonyl (C=O) groups is 1. The number of anilines is 2. The number of rotatable bonds is 4. The summed E-state index contributed by atoms with van der Waals surface area (Å²) in [4.78, 5) is 18.5. The Balaban J connectivity index is 2.07. The number of hydrogen-bond donors (Lipinski definition) is 2. The first-order valence-corrected chi connectivity index (χ1v) is 9.68. The lowest BCUT2D eigenvalue weighted by Gasteiger charge is -2.46. The van der Waals surface area contributed by atoms with Crippen LogP contribution >= 0.6 is 0 Å². The van der Waals surface area contributed by atoms with Gasteiger partial charge in [-0.05, 0) is 57.2 Å². The van der Waals surface area contributed by atoms with Crippen molar-refractivity contribution >= 4 is 23.2 Å². The summed E-state index contributed by atoms with van der Waals surface area (Å²) in [5.41, 5.74) is 3.34. The number of halogens is 4. The van der Waals surface area contributed by atoms with Crippen molar-refractivity contribution in [2.75, 3.05) is 19.5 Å². The maximum Gasteiger partial charge on any atom is 0.416 e. The molecule has 0 aliphatic carbocycles. The number of amides is 1. The van der Waals surface area contributed by atoms with Crippen LogP contribution in [0, 0.1) is 11.2 Å². The summed E-state index contributed by atoms with van der Waals surface area (Å²) in [5, 5.41) is 2.95. The van der Waals surface area contributed by atoms with Crippen LogP contribution in [0.25, 0.3) is 0 Å². The van der Waals surface area contributed by atoms with Crippen LogP contribution in [0.15, 0.2) is 41.4 Å². The average molecular weight is 452 g/mol. The zero-order valence-corrected chi connectivity index (χ0v) is 18.3. The van der Waals surface area contributed by atoms with Gasteiger partial charge in [-0.1, -0.05) is 0 Å². The molecule has 1 aliphatic rings. The molecule has 3 N–H and O–H groups in total. The van der Waals surface area contributed by atoms with E-state index in [2.05, 4.69) is 10.3 Å². The second-order valence-electron chi connectivity index (χ2n) is 8.26. The van der Waals surface area contributed by atoms with E-state index in [4.69, 9.17) is 10.5 Å². The van der Waals surface area contributed by atoms with Gasteiger partial charge < -0.3 is 15.8 Å². The van der Waals surface area contributed by atoms with Crippen molar-refractivity contribution in [2.45, 2.75) is 32.5 Å². The van der Waals surface area contributed by atoms with Gasteiger partial charge in [0, 0.05) is 18.3 Å². The maximum atomic E-state index is 14.9. The number of nitrogens with one attached hydrogen (secondary N) is 1. The second kappa shape index (κ2) is 7.68. The molecule has 1 aliphatic heterocycles. The molecule has 6 nitrogen and oxygen atoms in total. The molecule has 1 unspecified atom stereocenters. The highest BCUT2D eigenvalue weighted by molar-refractivity contribution is 6.01. The minimum absolute atomic E-state index is 0.0334. The van der Waals surface area contributed by atoms with E-state index in [-0.39, 0.29) is 28.9 Å². The van der Waals surface area contributed by atoms with E-state index in [1.54, 1.807) is 20.8 Å². The summed E-state index contributed by atoms with van der Waals surface area (Å²) in [5.74, 6) is -0.998. The molecule has 32 heavy (non-hydrogen) atoms. The van der Waals surface area contributed by atoms with Crippen LogP contribution in [0.5, 0.6) is 5.75 Å². The summed E-state index contributed by atoms with van der Waals surface area (Å²) in [7, 11) is 2.75. The molecular formula is C22H24F4N4O2. The third-order valence-corrected chi connectivity index (χ3v) is 6.04. The molecule has 1 atom stereocenters. The van der Waals surface area contributed by atoms with Crippen LogP contribution in [-0.4, -0.2) is 30.9 Å². The molecule has 3 rings (SSSR count). The minimum atomic E-state index is -4.52. The van der Waals surface area contributed by atoms with Crippen molar-refractivity contribution in [2.24, 2.45) is 16.1 Å². The zero-order chi connectivity index (χ0) is 24.1. The van der Waals surface area contributed by atoms with Crippen molar-refractivity contribution in [3.63, 3.8) is 0 Å². The van der Waals surface area contributed by atoms with E-state index >= 15 is 0 Å². The lowest BCUT2D eigenvalue weighted by Crippen LogP contribution is -2.58. The van der Waals surface area contributed by atoms with Gasteiger partial charge in [-0.25, -0.2) is 9.38 Å². The van der Waals surface area contributed by atoms with E-state index < -0.39 is 28.5 Å². The number of ether oxygens (including phenoxy) is 1. The summed E-state index contributed by atoms with van der Waals surface area (Å²) >= 11 is 0. The molecule has 2 aromatic rings. The fourth-order valence-electron chi connectivity index (χ4n) is 3.67. The highest BCUT2D eigenvalue weighted by Crippen LogP contribution is 2.48. The normalized spacial score (nSPS) is 20.7. The molecule has 0 fully saturated rings. The Morgan fingerprint density at radius 2 is 1.78 bits per heavy atom. The molecular weight excluding hydrogens is 428 g/mol.